The highest BCUT2D eigenvalue weighted by molar-refractivity contribution is 6.04. The molecule has 1 aromatic heterocycles. The number of nitrogens with zero attached hydrogens (tertiary/aromatic N) is 2. The zero-order valence-corrected chi connectivity index (χ0v) is 11.6. The summed E-state index contributed by atoms with van der Waals surface area (Å²) >= 11 is 0. The smallest absolute Gasteiger partial charge is 0.257 e. The highest BCUT2D eigenvalue weighted by Crippen LogP contribution is 2.27. The van der Waals surface area contributed by atoms with E-state index in [0.717, 1.165) is 11.1 Å². The second-order valence-corrected chi connectivity index (χ2v) is 4.48. The molecule has 0 bridgehead atoms. The molecule has 0 atom stereocenters. The van der Waals surface area contributed by atoms with Gasteiger partial charge in [-0.25, -0.2) is 0 Å². The van der Waals surface area contributed by atoms with Crippen LogP contribution >= 0.6 is 0 Å². The van der Waals surface area contributed by atoms with E-state index < -0.39 is 0 Å². The third kappa shape index (κ3) is 2.50. The number of hydrogen-bond donors (Lipinski definition) is 3. The van der Waals surface area contributed by atoms with E-state index >= 15 is 0 Å². The van der Waals surface area contributed by atoms with E-state index in [1.54, 1.807) is 14.1 Å². The molecule has 0 radical (unpaired) electrons. The Balaban J connectivity index is 2.46. The monoisotopic (exact) mass is 274 g/mol. The number of amides is 1. The molecule has 0 aliphatic heterocycles. The summed E-state index contributed by atoms with van der Waals surface area (Å²) in [6, 6.07) is 7.56. The van der Waals surface area contributed by atoms with Crippen LogP contribution in [-0.4, -0.2) is 34.4 Å². The molecule has 2 aromatic rings. The molecular formula is C14H18N4O2. The van der Waals surface area contributed by atoms with E-state index in [1.165, 1.54) is 4.68 Å². The summed E-state index contributed by atoms with van der Waals surface area (Å²) in [5, 5.41) is 15.8. The van der Waals surface area contributed by atoms with Crippen molar-refractivity contribution in [2.75, 3.05) is 19.4 Å². The zero-order chi connectivity index (χ0) is 14.7. The van der Waals surface area contributed by atoms with Crippen LogP contribution in [-0.2, 0) is 13.5 Å². The number of anilines is 1. The predicted octanol–water partition coefficient (Wildman–Crippen LogP) is 0.564. The summed E-state index contributed by atoms with van der Waals surface area (Å²) in [6.07, 6.45) is 0.604. The number of nitrogen functional groups attached to an aromatic ring is 1. The number of nitrogens with two attached hydrogens (primary N) is 1. The normalized spacial score (nSPS) is 10.6. The maximum atomic E-state index is 11.9. The molecule has 0 spiro atoms. The standard InChI is InChI=1S/C14H18N4O2/c1-16-14(20)11-12(17-18(2)13(11)15)10-5-3-9(4-6-10)7-8-19/h3-6,19H,7-8,15H2,1-2H3,(H,16,20). The lowest BCUT2D eigenvalue weighted by Gasteiger charge is -2.04. The van der Waals surface area contributed by atoms with Gasteiger partial charge in [0.1, 0.15) is 17.1 Å². The highest BCUT2D eigenvalue weighted by Gasteiger charge is 2.21. The third-order valence-electron chi connectivity index (χ3n) is 3.17. The van der Waals surface area contributed by atoms with Gasteiger partial charge in [-0.05, 0) is 12.0 Å². The molecule has 0 saturated heterocycles. The van der Waals surface area contributed by atoms with Crippen molar-refractivity contribution in [2.24, 2.45) is 7.05 Å². The van der Waals surface area contributed by atoms with E-state index in [-0.39, 0.29) is 12.5 Å². The summed E-state index contributed by atoms with van der Waals surface area (Å²) in [7, 11) is 3.26. The predicted molar refractivity (Wildman–Crippen MR) is 77.2 cm³/mol. The summed E-state index contributed by atoms with van der Waals surface area (Å²) in [4.78, 5) is 11.9. The first-order valence-corrected chi connectivity index (χ1v) is 6.33. The molecule has 0 fully saturated rings. The topological polar surface area (TPSA) is 93.2 Å². The molecule has 0 aliphatic rings. The maximum absolute atomic E-state index is 11.9. The lowest BCUT2D eigenvalue weighted by molar-refractivity contribution is 0.0964. The molecule has 0 unspecified atom stereocenters. The van der Waals surface area contributed by atoms with Crippen molar-refractivity contribution in [1.82, 2.24) is 15.1 Å². The second kappa shape index (κ2) is 5.75. The van der Waals surface area contributed by atoms with Crippen molar-refractivity contribution >= 4 is 11.7 Å². The number of aliphatic hydroxyl groups excluding tert-OH is 1. The average Bonchev–Trinajstić information content (AvgIpc) is 2.75. The fraction of sp³-hybridized carbons (Fsp3) is 0.286. The van der Waals surface area contributed by atoms with E-state index in [2.05, 4.69) is 10.4 Å². The summed E-state index contributed by atoms with van der Waals surface area (Å²) in [5.41, 5.74) is 8.68. The zero-order valence-electron chi connectivity index (χ0n) is 11.6. The number of nitrogens with one attached hydrogen (secondary N) is 1. The number of carbonyl (C=O) groups excluding carboxylic acids is 1. The molecule has 0 saturated carbocycles. The highest BCUT2D eigenvalue weighted by atomic mass is 16.2. The van der Waals surface area contributed by atoms with Gasteiger partial charge in [-0.15, -0.1) is 0 Å². The van der Waals surface area contributed by atoms with E-state index in [0.29, 0.717) is 23.5 Å². The van der Waals surface area contributed by atoms with Crippen LogP contribution in [0.25, 0.3) is 11.3 Å². The van der Waals surface area contributed by atoms with Crippen LogP contribution in [0.4, 0.5) is 5.82 Å². The molecule has 106 valence electrons. The molecule has 4 N–H and O–H groups in total. The minimum atomic E-state index is -0.259. The van der Waals surface area contributed by atoms with Gasteiger partial charge in [-0.3, -0.25) is 9.48 Å². The number of aromatic nitrogens is 2. The van der Waals surface area contributed by atoms with E-state index in [1.807, 2.05) is 24.3 Å². The van der Waals surface area contributed by atoms with Gasteiger partial charge >= 0.3 is 0 Å². The maximum Gasteiger partial charge on any atom is 0.257 e. The Labute approximate surface area is 117 Å². The quantitative estimate of drug-likeness (QED) is 0.759. The lowest BCUT2D eigenvalue weighted by atomic mass is 10.0. The first-order chi connectivity index (χ1) is 9.58. The van der Waals surface area contributed by atoms with Gasteiger partial charge in [-0.1, -0.05) is 24.3 Å². The fourth-order valence-electron chi connectivity index (χ4n) is 2.05. The molecular weight excluding hydrogens is 256 g/mol. The largest absolute Gasteiger partial charge is 0.396 e. The van der Waals surface area contributed by atoms with E-state index in [4.69, 9.17) is 10.8 Å². The molecule has 20 heavy (non-hydrogen) atoms. The van der Waals surface area contributed by atoms with Crippen LogP contribution in [0.5, 0.6) is 0 Å². The SMILES string of the molecule is CNC(=O)c1c(-c2ccc(CCO)cc2)nn(C)c1N. The molecule has 1 aromatic carbocycles. The van der Waals surface area contributed by atoms with Crippen LogP contribution in [0.15, 0.2) is 24.3 Å². The van der Waals surface area contributed by atoms with Gasteiger partial charge in [0.05, 0.1) is 0 Å². The lowest BCUT2D eigenvalue weighted by Crippen LogP contribution is -2.19. The average molecular weight is 274 g/mol. The van der Waals surface area contributed by atoms with Crippen molar-refractivity contribution in [3.8, 4) is 11.3 Å². The van der Waals surface area contributed by atoms with Gasteiger partial charge in [0, 0.05) is 26.3 Å². The van der Waals surface area contributed by atoms with Crippen molar-refractivity contribution in [3.63, 3.8) is 0 Å². The number of aliphatic hydroxyl groups is 1. The number of rotatable bonds is 4. The summed E-state index contributed by atoms with van der Waals surface area (Å²) in [6.45, 7) is 0.110. The number of aryl methyl sites for hydroxylation is 1. The second-order valence-electron chi connectivity index (χ2n) is 4.48. The van der Waals surface area contributed by atoms with Gasteiger partial charge in [0.25, 0.3) is 5.91 Å². The molecule has 0 aliphatic carbocycles. The third-order valence-corrected chi connectivity index (χ3v) is 3.17. The van der Waals surface area contributed by atoms with Crippen molar-refractivity contribution < 1.29 is 9.90 Å². The Morgan fingerprint density at radius 1 is 1.40 bits per heavy atom. The Hall–Kier alpha value is -2.34. The van der Waals surface area contributed by atoms with Gasteiger partial charge < -0.3 is 16.2 Å². The van der Waals surface area contributed by atoms with Gasteiger partial charge in [0.15, 0.2) is 0 Å². The first kappa shape index (κ1) is 14.1. The number of carbonyl (C=O) groups is 1. The fourth-order valence-corrected chi connectivity index (χ4v) is 2.05. The Kier molecular flexibility index (Phi) is 4.05. The Bertz CT molecular complexity index is 617. The molecule has 6 heteroatoms. The Morgan fingerprint density at radius 2 is 2.05 bits per heavy atom. The van der Waals surface area contributed by atoms with Crippen molar-refractivity contribution in [2.45, 2.75) is 6.42 Å². The first-order valence-electron chi connectivity index (χ1n) is 6.33. The minimum Gasteiger partial charge on any atom is -0.396 e. The van der Waals surface area contributed by atoms with Crippen LogP contribution < -0.4 is 11.1 Å². The van der Waals surface area contributed by atoms with Crippen molar-refractivity contribution in [3.05, 3.63) is 35.4 Å². The molecule has 1 amide bonds. The van der Waals surface area contributed by atoms with Gasteiger partial charge in [0.2, 0.25) is 0 Å². The number of hydrogen-bond acceptors (Lipinski definition) is 4. The molecule has 6 nitrogen and oxygen atoms in total. The molecule has 1 heterocycles. The summed E-state index contributed by atoms with van der Waals surface area (Å²) < 4.78 is 1.49. The van der Waals surface area contributed by atoms with Crippen LogP contribution in [0.3, 0.4) is 0 Å². The van der Waals surface area contributed by atoms with Gasteiger partial charge in [-0.2, -0.15) is 5.10 Å². The molecule has 2 rings (SSSR count). The Morgan fingerprint density at radius 3 is 2.60 bits per heavy atom. The minimum absolute atomic E-state index is 0.110. The van der Waals surface area contributed by atoms with Crippen LogP contribution in [0.2, 0.25) is 0 Å². The summed E-state index contributed by atoms with van der Waals surface area (Å²) in [5.74, 6) is 0.0730. The van der Waals surface area contributed by atoms with Crippen LogP contribution in [0, 0.1) is 0 Å². The number of benzene rings is 1. The van der Waals surface area contributed by atoms with Crippen molar-refractivity contribution in [1.29, 1.82) is 0 Å². The van der Waals surface area contributed by atoms with E-state index in [9.17, 15) is 4.79 Å². The van der Waals surface area contributed by atoms with Crippen LogP contribution in [0.1, 0.15) is 15.9 Å².